The lowest BCUT2D eigenvalue weighted by molar-refractivity contribution is 0.0695. The monoisotopic (exact) mass is 335 g/mol. The first-order valence-corrected chi connectivity index (χ1v) is 7.70. The molecule has 0 aromatic heterocycles. The van der Waals surface area contributed by atoms with E-state index in [0.717, 1.165) is 18.6 Å². The highest BCUT2D eigenvalue weighted by atomic mass is 79.9. The third-order valence-corrected chi connectivity index (χ3v) is 3.88. The summed E-state index contributed by atoms with van der Waals surface area (Å²) in [7, 11) is 0. The highest BCUT2D eigenvalue weighted by Gasteiger charge is 2.15. The molecule has 0 atom stereocenters. The van der Waals surface area contributed by atoms with E-state index in [0.29, 0.717) is 12.2 Å². The summed E-state index contributed by atoms with van der Waals surface area (Å²) in [5.74, 6) is -0.613. The van der Waals surface area contributed by atoms with Gasteiger partial charge in [-0.25, -0.2) is 9.18 Å². The predicted molar refractivity (Wildman–Crippen MR) is 77.2 cm³/mol. The van der Waals surface area contributed by atoms with E-state index in [-0.39, 0.29) is 10.0 Å². The Hall–Kier alpha value is -0.750. The summed E-state index contributed by atoms with van der Waals surface area (Å²) in [6.07, 6.45) is 4.08. The second-order valence-corrected chi connectivity index (χ2v) is 5.50. The van der Waals surface area contributed by atoms with Crippen molar-refractivity contribution in [2.75, 3.05) is 23.9 Å². The van der Waals surface area contributed by atoms with Crippen LogP contribution in [0.4, 0.5) is 10.1 Å². The maximum Gasteiger partial charge on any atom is 0.336 e. The molecule has 0 radical (unpaired) electrons. The van der Waals surface area contributed by atoms with Crippen LogP contribution in [0.5, 0.6) is 0 Å². The van der Waals surface area contributed by atoms with Gasteiger partial charge in [0.2, 0.25) is 0 Å². The Balaban J connectivity index is 2.62. The van der Waals surface area contributed by atoms with E-state index in [1.54, 1.807) is 11.8 Å². The van der Waals surface area contributed by atoms with Crippen LogP contribution in [0.15, 0.2) is 16.6 Å². The zero-order valence-corrected chi connectivity index (χ0v) is 12.4. The van der Waals surface area contributed by atoms with Crippen LogP contribution in [0.1, 0.15) is 23.2 Å². The predicted octanol–water partition coefficient (Wildman–Crippen LogP) is 3.84. The molecule has 0 heterocycles. The largest absolute Gasteiger partial charge is 0.478 e. The minimum absolute atomic E-state index is 0.0101. The number of thioether (sulfide) groups is 1. The van der Waals surface area contributed by atoms with Crippen molar-refractivity contribution in [3.8, 4) is 0 Å². The molecule has 0 saturated carbocycles. The summed E-state index contributed by atoms with van der Waals surface area (Å²) in [4.78, 5) is 10.8. The van der Waals surface area contributed by atoms with Gasteiger partial charge in [-0.05, 0) is 52.9 Å². The number of anilines is 1. The molecule has 0 fully saturated rings. The van der Waals surface area contributed by atoms with Gasteiger partial charge in [-0.1, -0.05) is 0 Å². The van der Waals surface area contributed by atoms with E-state index in [4.69, 9.17) is 5.11 Å². The van der Waals surface area contributed by atoms with Crippen LogP contribution in [0.25, 0.3) is 0 Å². The van der Waals surface area contributed by atoms with Crippen LogP contribution in [0.3, 0.4) is 0 Å². The van der Waals surface area contributed by atoms with E-state index < -0.39 is 11.8 Å². The molecule has 100 valence electrons. The van der Waals surface area contributed by atoms with Gasteiger partial charge >= 0.3 is 5.97 Å². The fourth-order valence-electron chi connectivity index (χ4n) is 1.45. The van der Waals surface area contributed by atoms with Gasteiger partial charge in [-0.3, -0.25) is 0 Å². The zero-order valence-electron chi connectivity index (χ0n) is 10.0. The standard InChI is InChI=1S/C12H15BrFNO2S/c1-18-7-3-2-6-15-9-5-4-8(12(16)17)10(13)11(9)14/h4-5,15H,2-3,6-7H2,1H3,(H,16,17). The van der Waals surface area contributed by atoms with Crippen molar-refractivity contribution in [2.45, 2.75) is 12.8 Å². The second-order valence-electron chi connectivity index (χ2n) is 3.72. The van der Waals surface area contributed by atoms with Crippen molar-refractivity contribution < 1.29 is 14.3 Å². The average molecular weight is 336 g/mol. The first kappa shape index (κ1) is 15.3. The Labute approximate surface area is 118 Å². The van der Waals surface area contributed by atoms with Crippen LogP contribution in [0, 0.1) is 5.82 Å². The summed E-state index contributed by atoms with van der Waals surface area (Å²) >= 11 is 4.75. The van der Waals surface area contributed by atoms with Crippen LogP contribution >= 0.6 is 27.7 Å². The minimum Gasteiger partial charge on any atom is -0.478 e. The van der Waals surface area contributed by atoms with E-state index in [1.807, 2.05) is 0 Å². The van der Waals surface area contributed by atoms with Crippen LogP contribution < -0.4 is 5.32 Å². The molecule has 1 aromatic carbocycles. The molecule has 18 heavy (non-hydrogen) atoms. The van der Waals surface area contributed by atoms with E-state index in [9.17, 15) is 9.18 Å². The van der Waals surface area contributed by atoms with E-state index in [1.165, 1.54) is 12.1 Å². The van der Waals surface area contributed by atoms with Crippen molar-refractivity contribution in [1.29, 1.82) is 0 Å². The number of carboxylic acid groups (broad SMARTS) is 1. The topological polar surface area (TPSA) is 49.3 Å². The summed E-state index contributed by atoms with van der Waals surface area (Å²) in [5.41, 5.74) is 0.261. The number of benzene rings is 1. The Morgan fingerprint density at radius 2 is 2.22 bits per heavy atom. The maximum atomic E-state index is 13.8. The van der Waals surface area contributed by atoms with Gasteiger partial charge < -0.3 is 10.4 Å². The number of hydrogen-bond donors (Lipinski definition) is 2. The number of hydrogen-bond acceptors (Lipinski definition) is 3. The SMILES string of the molecule is CSCCCCNc1ccc(C(=O)O)c(Br)c1F. The number of halogens is 2. The van der Waals surface area contributed by atoms with Crippen molar-refractivity contribution in [3.63, 3.8) is 0 Å². The smallest absolute Gasteiger partial charge is 0.336 e. The van der Waals surface area contributed by atoms with Crippen molar-refractivity contribution in [3.05, 3.63) is 28.0 Å². The number of aromatic carboxylic acids is 1. The summed E-state index contributed by atoms with van der Waals surface area (Å²) in [5, 5.41) is 11.8. The van der Waals surface area contributed by atoms with Gasteiger partial charge in [-0.2, -0.15) is 11.8 Å². The minimum atomic E-state index is -1.15. The fourth-order valence-corrected chi connectivity index (χ4v) is 2.45. The van der Waals surface area contributed by atoms with Gasteiger partial charge in [0.15, 0.2) is 5.82 Å². The number of carboxylic acids is 1. The maximum absolute atomic E-state index is 13.8. The Morgan fingerprint density at radius 3 is 2.83 bits per heavy atom. The molecular formula is C12H15BrFNO2S. The molecule has 0 aliphatic rings. The normalized spacial score (nSPS) is 10.4. The Bertz CT molecular complexity index is 429. The van der Waals surface area contributed by atoms with Crippen LogP contribution in [-0.4, -0.2) is 29.6 Å². The molecule has 0 spiro atoms. The third-order valence-electron chi connectivity index (χ3n) is 2.40. The van der Waals surface area contributed by atoms with Crippen molar-refractivity contribution in [2.24, 2.45) is 0 Å². The number of carbonyl (C=O) groups is 1. The lowest BCUT2D eigenvalue weighted by atomic mass is 10.2. The van der Waals surface area contributed by atoms with Gasteiger partial charge in [0.05, 0.1) is 15.7 Å². The highest BCUT2D eigenvalue weighted by molar-refractivity contribution is 9.10. The number of rotatable bonds is 7. The molecule has 0 aliphatic carbocycles. The van der Waals surface area contributed by atoms with Crippen molar-refractivity contribution >= 4 is 39.3 Å². The molecule has 0 bridgehead atoms. The van der Waals surface area contributed by atoms with Gasteiger partial charge in [-0.15, -0.1) is 0 Å². The lowest BCUT2D eigenvalue weighted by Gasteiger charge is -2.09. The molecule has 3 nitrogen and oxygen atoms in total. The first-order chi connectivity index (χ1) is 8.57. The zero-order chi connectivity index (χ0) is 13.5. The number of unbranched alkanes of at least 4 members (excludes halogenated alkanes) is 1. The van der Waals surface area contributed by atoms with Crippen LogP contribution in [0.2, 0.25) is 0 Å². The Morgan fingerprint density at radius 1 is 1.50 bits per heavy atom. The van der Waals surface area contributed by atoms with E-state index >= 15 is 0 Å². The molecule has 6 heteroatoms. The molecule has 0 saturated heterocycles. The van der Waals surface area contributed by atoms with Gasteiger partial charge in [0.25, 0.3) is 0 Å². The lowest BCUT2D eigenvalue weighted by Crippen LogP contribution is -2.06. The molecular weight excluding hydrogens is 321 g/mol. The molecule has 0 amide bonds. The highest BCUT2D eigenvalue weighted by Crippen LogP contribution is 2.27. The number of nitrogens with one attached hydrogen (secondary N) is 1. The quantitative estimate of drug-likeness (QED) is 0.743. The molecule has 1 rings (SSSR count). The Kier molecular flexibility index (Phi) is 6.49. The summed E-state index contributed by atoms with van der Waals surface area (Å²) in [6.45, 7) is 0.677. The molecule has 0 unspecified atom stereocenters. The van der Waals surface area contributed by atoms with Gasteiger partial charge in [0.1, 0.15) is 0 Å². The molecule has 2 N–H and O–H groups in total. The fraction of sp³-hybridized carbons (Fsp3) is 0.417. The van der Waals surface area contributed by atoms with Crippen LogP contribution in [-0.2, 0) is 0 Å². The van der Waals surface area contributed by atoms with Gasteiger partial charge in [0, 0.05) is 6.54 Å². The second kappa shape index (κ2) is 7.63. The van der Waals surface area contributed by atoms with E-state index in [2.05, 4.69) is 27.5 Å². The first-order valence-electron chi connectivity index (χ1n) is 5.52. The molecule has 0 aliphatic heterocycles. The average Bonchev–Trinajstić information content (AvgIpc) is 2.33. The molecule has 1 aromatic rings. The summed E-state index contributed by atoms with van der Waals surface area (Å²) < 4.78 is 13.8. The van der Waals surface area contributed by atoms with Crippen molar-refractivity contribution in [1.82, 2.24) is 0 Å². The third kappa shape index (κ3) is 4.17. The summed E-state index contributed by atoms with van der Waals surface area (Å²) in [6, 6.07) is 2.85.